The van der Waals surface area contributed by atoms with Gasteiger partial charge in [-0.2, -0.15) is 0 Å². The van der Waals surface area contributed by atoms with Crippen molar-refractivity contribution in [1.29, 1.82) is 0 Å². The quantitative estimate of drug-likeness (QED) is 0.679. The SMILES string of the molecule is Cc1ccc(O)c(C(C)C=O)c1. The Morgan fingerprint density at radius 2 is 2.17 bits per heavy atom. The number of hydrogen-bond acceptors (Lipinski definition) is 2. The molecule has 64 valence electrons. The molecule has 1 atom stereocenters. The van der Waals surface area contributed by atoms with Gasteiger partial charge in [-0.3, -0.25) is 0 Å². The van der Waals surface area contributed by atoms with Crippen molar-refractivity contribution in [1.82, 2.24) is 0 Å². The summed E-state index contributed by atoms with van der Waals surface area (Å²) in [6, 6.07) is 5.26. The molecule has 0 radical (unpaired) electrons. The van der Waals surface area contributed by atoms with Crippen molar-refractivity contribution in [2.45, 2.75) is 19.8 Å². The van der Waals surface area contributed by atoms with Gasteiger partial charge in [0.2, 0.25) is 0 Å². The average Bonchev–Trinajstić information content (AvgIpc) is 2.08. The minimum absolute atomic E-state index is 0.195. The molecular weight excluding hydrogens is 152 g/mol. The summed E-state index contributed by atoms with van der Waals surface area (Å²) in [5.41, 5.74) is 1.75. The Morgan fingerprint density at radius 3 is 2.75 bits per heavy atom. The highest BCUT2D eigenvalue weighted by Crippen LogP contribution is 2.24. The minimum Gasteiger partial charge on any atom is -0.508 e. The van der Waals surface area contributed by atoms with Crippen LogP contribution in [-0.4, -0.2) is 11.4 Å². The number of hydrogen-bond donors (Lipinski definition) is 1. The molecule has 12 heavy (non-hydrogen) atoms. The third-order valence-electron chi connectivity index (χ3n) is 1.88. The van der Waals surface area contributed by atoms with Gasteiger partial charge in [0.1, 0.15) is 12.0 Å². The molecule has 0 amide bonds. The fourth-order valence-electron chi connectivity index (χ4n) is 1.11. The van der Waals surface area contributed by atoms with Gasteiger partial charge in [-0.05, 0) is 13.0 Å². The van der Waals surface area contributed by atoms with Crippen LogP contribution in [0.4, 0.5) is 0 Å². The van der Waals surface area contributed by atoms with E-state index in [1.807, 2.05) is 19.1 Å². The molecule has 1 aromatic carbocycles. The highest BCUT2D eigenvalue weighted by Gasteiger charge is 2.08. The van der Waals surface area contributed by atoms with Crippen LogP contribution in [-0.2, 0) is 4.79 Å². The number of carbonyl (C=O) groups excluding carboxylic acids is 1. The maximum atomic E-state index is 10.5. The zero-order valence-electron chi connectivity index (χ0n) is 7.24. The lowest BCUT2D eigenvalue weighted by Gasteiger charge is -2.07. The summed E-state index contributed by atoms with van der Waals surface area (Å²) >= 11 is 0. The van der Waals surface area contributed by atoms with E-state index in [0.717, 1.165) is 11.8 Å². The molecule has 1 N–H and O–H groups in total. The van der Waals surface area contributed by atoms with E-state index in [0.29, 0.717) is 5.56 Å². The first kappa shape index (κ1) is 8.78. The maximum Gasteiger partial charge on any atom is 0.127 e. The largest absolute Gasteiger partial charge is 0.508 e. The van der Waals surface area contributed by atoms with Crippen molar-refractivity contribution in [3.05, 3.63) is 29.3 Å². The first-order valence-electron chi connectivity index (χ1n) is 3.90. The molecule has 0 spiro atoms. The topological polar surface area (TPSA) is 37.3 Å². The van der Waals surface area contributed by atoms with Crippen LogP contribution in [0.1, 0.15) is 24.0 Å². The van der Waals surface area contributed by atoms with E-state index in [-0.39, 0.29) is 11.7 Å². The Hall–Kier alpha value is -1.31. The van der Waals surface area contributed by atoms with Crippen molar-refractivity contribution in [2.24, 2.45) is 0 Å². The highest BCUT2D eigenvalue weighted by molar-refractivity contribution is 5.63. The van der Waals surface area contributed by atoms with E-state index >= 15 is 0 Å². The molecule has 0 aliphatic carbocycles. The lowest BCUT2D eigenvalue weighted by atomic mass is 10.00. The molecule has 0 saturated heterocycles. The van der Waals surface area contributed by atoms with Crippen LogP contribution in [0.25, 0.3) is 0 Å². The summed E-state index contributed by atoms with van der Waals surface area (Å²) in [5.74, 6) is -0.0369. The fourth-order valence-corrected chi connectivity index (χ4v) is 1.11. The smallest absolute Gasteiger partial charge is 0.127 e. The van der Waals surface area contributed by atoms with Crippen molar-refractivity contribution in [3.63, 3.8) is 0 Å². The van der Waals surface area contributed by atoms with Gasteiger partial charge in [0.25, 0.3) is 0 Å². The molecule has 0 aliphatic rings. The van der Waals surface area contributed by atoms with Crippen molar-refractivity contribution >= 4 is 6.29 Å². The number of aromatic hydroxyl groups is 1. The molecule has 1 unspecified atom stereocenters. The fraction of sp³-hybridized carbons (Fsp3) is 0.300. The van der Waals surface area contributed by atoms with Crippen molar-refractivity contribution < 1.29 is 9.90 Å². The van der Waals surface area contributed by atoms with Crippen LogP contribution in [0.3, 0.4) is 0 Å². The minimum atomic E-state index is -0.232. The molecular formula is C10H12O2. The molecule has 0 heterocycles. The molecule has 0 aliphatic heterocycles. The Balaban J connectivity index is 3.12. The van der Waals surface area contributed by atoms with E-state index in [1.165, 1.54) is 0 Å². The number of aldehydes is 1. The second-order valence-corrected chi connectivity index (χ2v) is 2.99. The van der Waals surface area contributed by atoms with Gasteiger partial charge in [0.05, 0.1) is 0 Å². The molecule has 1 rings (SSSR count). The molecule has 2 heteroatoms. The molecule has 0 saturated carbocycles. The Kier molecular flexibility index (Phi) is 2.48. The van der Waals surface area contributed by atoms with E-state index in [4.69, 9.17) is 0 Å². The van der Waals surface area contributed by atoms with Crippen LogP contribution >= 0.6 is 0 Å². The lowest BCUT2D eigenvalue weighted by Crippen LogP contribution is -1.95. The maximum absolute atomic E-state index is 10.5. The van der Waals surface area contributed by atoms with Gasteiger partial charge in [0.15, 0.2) is 0 Å². The number of benzene rings is 1. The van der Waals surface area contributed by atoms with E-state index in [9.17, 15) is 9.90 Å². The predicted molar refractivity (Wildman–Crippen MR) is 47.3 cm³/mol. The lowest BCUT2D eigenvalue weighted by molar-refractivity contribution is -0.108. The number of carbonyl (C=O) groups is 1. The Morgan fingerprint density at radius 1 is 1.50 bits per heavy atom. The van der Waals surface area contributed by atoms with Crippen molar-refractivity contribution in [3.8, 4) is 5.75 Å². The van der Waals surface area contributed by atoms with Crippen molar-refractivity contribution in [2.75, 3.05) is 0 Å². The molecule has 1 aromatic rings. The van der Waals surface area contributed by atoms with Gasteiger partial charge >= 0.3 is 0 Å². The van der Waals surface area contributed by atoms with Gasteiger partial charge < -0.3 is 9.90 Å². The van der Waals surface area contributed by atoms with E-state index in [1.54, 1.807) is 13.0 Å². The molecule has 0 fully saturated rings. The second kappa shape index (κ2) is 3.39. The summed E-state index contributed by atoms with van der Waals surface area (Å²) in [4.78, 5) is 10.5. The number of phenolic OH excluding ortho intramolecular Hbond substituents is 1. The summed E-state index contributed by atoms with van der Waals surface area (Å²) in [7, 11) is 0. The number of phenols is 1. The second-order valence-electron chi connectivity index (χ2n) is 2.99. The predicted octanol–water partition coefficient (Wildman–Crippen LogP) is 2.00. The van der Waals surface area contributed by atoms with Gasteiger partial charge in [-0.1, -0.05) is 24.6 Å². The van der Waals surface area contributed by atoms with Crippen LogP contribution in [0.15, 0.2) is 18.2 Å². The van der Waals surface area contributed by atoms with Crippen LogP contribution in [0.2, 0.25) is 0 Å². The van der Waals surface area contributed by atoms with Gasteiger partial charge in [-0.25, -0.2) is 0 Å². The zero-order valence-corrected chi connectivity index (χ0v) is 7.24. The van der Waals surface area contributed by atoms with E-state index < -0.39 is 0 Å². The van der Waals surface area contributed by atoms with Crippen LogP contribution in [0, 0.1) is 6.92 Å². The van der Waals surface area contributed by atoms with Crippen LogP contribution < -0.4 is 0 Å². The standard InChI is InChI=1S/C10H12O2/c1-7-3-4-10(12)9(5-7)8(2)6-11/h3-6,8,12H,1-2H3. The Labute approximate surface area is 71.8 Å². The summed E-state index contributed by atoms with van der Waals surface area (Å²) in [6.45, 7) is 3.70. The highest BCUT2D eigenvalue weighted by atomic mass is 16.3. The number of aryl methyl sites for hydroxylation is 1. The average molecular weight is 164 g/mol. The molecule has 0 aromatic heterocycles. The first-order valence-corrected chi connectivity index (χ1v) is 3.90. The zero-order chi connectivity index (χ0) is 9.14. The molecule has 2 nitrogen and oxygen atoms in total. The number of rotatable bonds is 2. The Bertz CT molecular complexity index is 292. The first-order chi connectivity index (χ1) is 5.65. The summed E-state index contributed by atoms with van der Waals surface area (Å²) < 4.78 is 0. The molecule has 0 bridgehead atoms. The van der Waals surface area contributed by atoms with E-state index in [2.05, 4.69) is 0 Å². The van der Waals surface area contributed by atoms with Gasteiger partial charge in [0, 0.05) is 11.5 Å². The monoisotopic (exact) mass is 164 g/mol. The summed E-state index contributed by atoms with van der Waals surface area (Å²) in [6.07, 6.45) is 0.828. The third kappa shape index (κ3) is 1.64. The third-order valence-corrected chi connectivity index (χ3v) is 1.88. The van der Waals surface area contributed by atoms with Gasteiger partial charge in [-0.15, -0.1) is 0 Å². The normalized spacial score (nSPS) is 12.5. The summed E-state index contributed by atoms with van der Waals surface area (Å²) in [5, 5.41) is 9.38. The van der Waals surface area contributed by atoms with Crippen LogP contribution in [0.5, 0.6) is 5.75 Å².